The van der Waals surface area contributed by atoms with Gasteiger partial charge in [0.25, 0.3) is 0 Å². The zero-order valence-corrected chi connectivity index (χ0v) is 16.0. The molecule has 0 aliphatic carbocycles. The smallest absolute Gasteiger partial charge is 0.227 e. The average Bonchev–Trinajstić information content (AvgIpc) is 2.95. The molecule has 3 rings (SSSR count). The van der Waals surface area contributed by atoms with Crippen molar-refractivity contribution in [3.05, 3.63) is 11.6 Å². The van der Waals surface area contributed by atoms with Crippen LogP contribution in [0.15, 0.2) is 0 Å². The van der Waals surface area contributed by atoms with Gasteiger partial charge >= 0.3 is 0 Å². The molecule has 1 aromatic rings. The van der Waals surface area contributed by atoms with Crippen molar-refractivity contribution in [3.63, 3.8) is 0 Å². The second kappa shape index (κ2) is 7.41. The van der Waals surface area contributed by atoms with E-state index in [9.17, 15) is 4.79 Å². The normalized spacial score (nSPS) is 23.0. The summed E-state index contributed by atoms with van der Waals surface area (Å²) in [6.07, 6.45) is 2.09. The van der Waals surface area contributed by atoms with E-state index in [0.29, 0.717) is 0 Å². The molecule has 0 saturated carbocycles. The fraction of sp³-hybridized carbons (Fsp3) is 0.833. The summed E-state index contributed by atoms with van der Waals surface area (Å²) in [5.74, 6) is 2.51. The molecule has 0 aromatic carbocycles. The van der Waals surface area contributed by atoms with Gasteiger partial charge in [0.1, 0.15) is 11.6 Å². The van der Waals surface area contributed by atoms with Gasteiger partial charge in [0.05, 0.1) is 19.8 Å². The number of nitrogens with zero attached hydrogens (tertiary/aromatic N) is 5. The molecular weight excluding hydrogens is 318 g/mol. The number of amides is 1. The first-order chi connectivity index (χ1) is 11.9. The number of hydrogen-bond acceptors (Lipinski definition) is 5. The lowest BCUT2D eigenvalue weighted by molar-refractivity contribution is -0.140. The maximum Gasteiger partial charge on any atom is 0.227 e. The van der Waals surface area contributed by atoms with Crippen molar-refractivity contribution in [1.82, 2.24) is 24.6 Å². The van der Waals surface area contributed by atoms with Crippen LogP contribution < -0.4 is 0 Å². The van der Waals surface area contributed by atoms with Crippen molar-refractivity contribution in [2.75, 3.05) is 39.4 Å². The zero-order chi connectivity index (χ0) is 18.0. The van der Waals surface area contributed by atoms with E-state index in [1.165, 1.54) is 0 Å². The minimum atomic E-state index is -0.330. The Morgan fingerprint density at radius 1 is 1.20 bits per heavy atom. The summed E-state index contributed by atoms with van der Waals surface area (Å²) in [6.45, 7) is 11.8. The second-order valence-corrected chi connectivity index (χ2v) is 8.26. The number of rotatable bonds is 3. The van der Waals surface area contributed by atoms with E-state index < -0.39 is 0 Å². The molecule has 0 N–H and O–H groups in total. The molecule has 1 unspecified atom stereocenters. The summed E-state index contributed by atoms with van der Waals surface area (Å²) in [4.78, 5) is 17.0. The summed E-state index contributed by atoms with van der Waals surface area (Å²) in [5, 5.41) is 8.91. The molecule has 0 spiro atoms. The molecule has 7 heteroatoms. The largest absolute Gasteiger partial charge is 0.379 e. The van der Waals surface area contributed by atoms with Gasteiger partial charge in [-0.05, 0) is 12.8 Å². The Labute approximate surface area is 150 Å². The molecule has 2 saturated heterocycles. The Morgan fingerprint density at radius 2 is 1.92 bits per heavy atom. The van der Waals surface area contributed by atoms with Crippen LogP contribution in [0.3, 0.4) is 0 Å². The van der Waals surface area contributed by atoms with Gasteiger partial charge in [-0.1, -0.05) is 20.8 Å². The minimum absolute atomic E-state index is 0.230. The topological polar surface area (TPSA) is 63.5 Å². The van der Waals surface area contributed by atoms with Crippen LogP contribution in [-0.2, 0) is 23.1 Å². The molecule has 2 aliphatic rings. The number of morpholine rings is 1. The predicted octanol–water partition coefficient (Wildman–Crippen LogP) is 1.40. The lowest BCUT2D eigenvalue weighted by atomic mass is 9.91. The van der Waals surface area contributed by atoms with Gasteiger partial charge in [-0.15, -0.1) is 10.2 Å². The predicted molar refractivity (Wildman–Crippen MR) is 95.1 cm³/mol. The Bertz CT molecular complexity index is 601. The lowest BCUT2D eigenvalue weighted by Gasteiger charge is -2.36. The quantitative estimate of drug-likeness (QED) is 0.825. The van der Waals surface area contributed by atoms with Gasteiger partial charge in [-0.3, -0.25) is 9.69 Å². The molecule has 1 aromatic heterocycles. The summed E-state index contributed by atoms with van der Waals surface area (Å²) < 4.78 is 7.54. The SMILES string of the molecule is Cn1c(CN2CCOCC2)nnc1C1CCCN(C(=O)C(C)(C)C)C1. The van der Waals surface area contributed by atoms with E-state index in [0.717, 1.165) is 70.4 Å². The number of piperidine rings is 1. The molecule has 2 aliphatic heterocycles. The van der Waals surface area contributed by atoms with Crippen LogP contribution in [0.1, 0.15) is 51.2 Å². The standard InChI is InChI=1S/C18H31N5O2/c1-18(2,3)17(24)23-7-5-6-14(12-23)16-20-19-15(21(16)4)13-22-8-10-25-11-9-22/h14H,5-13H2,1-4H3. The van der Waals surface area contributed by atoms with Gasteiger partial charge in [-0.25, -0.2) is 0 Å². The number of aromatic nitrogens is 3. The minimum Gasteiger partial charge on any atom is -0.379 e. The number of hydrogen-bond donors (Lipinski definition) is 0. The molecule has 140 valence electrons. The van der Waals surface area contributed by atoms with Crippen molar-refractivity contribution < 1.29 is 9.53 Å². The maximum atomic E-state index is 12.6. The van der Waals surface area contributed by atoms with E-state index in [-0.39, 0.29) is 17.2 Å². The molecule has 1 amide bonds. The third-order valence-electron chi connectivity index (χ3n) is 5.18. The number of carbonyl (C=O) groups excluding carboxylic acids is 1. The fourth-order valence-electron chi connectivity index (χ4n) is 3.67. The third-order valence-corrected chi connectivity index (χ3v) is 5.18. The van der Waals surface area contributed by atoms with E-state index in [1.54, 1.807) is 0 Å². The summed E-state index contributed by atoms with van der Waals surface area (Å²) in [5.41, 5.74) is -0.330. The van der Waals surface area contributed by atoms with Gasteiger partial charge in [0.2, 0.25) is 5.91 Å². The first-order valence-corrected chi connectivity index (χ1v) is 9.34. The Kier molecular flexibility index (Phi) is 5.43. The summed E-state index contributed by atoms with van der Waals surface area (Å²) >= 11 is 0. The number of likely N-dealkylation sites (tertiary alicyclic amines) is 1. The van der Waals surface area contributed by atoms with Gasteiger partial charge in [0, 0.05) is 44.6 Å². The van der Waals surface area contributed by atoms with Crippen LogP contribution in [0.5, 0.6) is 0 Å². The number of ether oxygens (including phenoxy) is 1. The Balaban J connectivity index is 1.68. The molecule has 2 fully saturated rings. The third kappa shape index (κ3) is 4.20. The molecule has 3 heterocycles. The van der Waals surface area contributed by atoms with Crippen LogP contribution in [0.4, 0.5) is 0 Å². The van der Waals surface area contributed by atoms with Gasteiger partial charge in [0.15, 0.2) is 0 Å². The zero-order valence-electron chi connectivity index (χ0n) is 16.0. The fourth-order valence-corrected chi connectivity index (χ4v) is 3.67. The molecular formula is C18H31N5O2. The maximum absolute atomic E-state index is 12.6. The van der Waals surface area contributed by atoms with E-state index in [4.69, 9.17) is 4.74 Å². The summed E-state index contributed by atoms with van der Waals surface area (Å²) in [7, 11) is 2.05. The highest BCUT2D eigenvalue weighted by Gasteiger charge is 2.33. The lowest BCUT2D eigenvalue weighted by Crippen LogP contribution is -2.45. The van der Waals surface area contributed by atoms with Crippen molar-refractivity contribution in [2.24, 2.45) is 12.5 Å². The molecule has 25 heavy (non-hydrogen) atoms. The van der Waals surface area contributed by atoms with Crippen molar-refractivity contribution in [2.45, 2.75) is 46.1 Å². The highest BCUT2D eigenvalue weighted by molar-refractivity contribution is 5.81. The van der Waals surface area contributed by atoms with Crippen LogP contribution in [0.25, 0.3) is 0 Å². The Hall–Kier alpha value is -1.47. The highest BCUT2D eigenvalue weighted by atomic mass is 16.5. The van der Waals surface area contributed by atoms with Crippen molar-refractivity contribution >= 4 is 5.91 Å². The van der Waals surface area contributed by atoms with Crippen molar-refractivity contribution in [1.29, 1.82) is 0 Å². The van der Waals surface area contributed by atoms with Crippen LogP contribution in [-0.4, -0.2) is 69.9 Å². The first kappa shape index (κ1) is 18.3. The van der Waals surface area contributed by atoms with Crippen LogP contribution in [0.2, 0.25) is 0 Å². The first-order valence-electron chi connectivity index (χ1n) is 9.34. The van der Waals surface area contributed by atoms with Crippen LogP contribution in [0, 0.1) is 5.41 Å². The Morgan fingerprint density at radius 3 is 2.60 bits per heavy atom. The van der Waals surface area contributed by atoms with Crippen molar-refractivity contribution in [3.8, 4) is 0 Å². The molecule has 0 bridgehead atoms. The second-order valence-electron chi connectivity index (χ2n) is 8.26. The summed E-state index contributed by atoms with van der Waals surface area (Å²) in [6, 6.07) is 0. The number of carbonyl (C=O) groups is 1. The van der Waals surface area contributed by atoms with Gasteiger partial charge < -0.3 is 14.2 Å². The molecule has 0 radical (unpaired) electrons. The average molecular weight is 349 g/mol. The van der Waals surface area contributed by atoms with E-state index >= 15 is 0 Å². The molecule has 1 atom stereocenters. The monoisotopic (exact) mass is 349 g/mol. The van der Waals surface area contributed by atoms with E-state index in [2.05, 4.69) is 26.7 Å². The van der Waals surface area contributed by atoms with Gasteiger partial charge in [-0.2, -0.15) is 0 Å². The van der Waals surface area contributed by atoms with Crippen LogP contribution >= 0.6 is 0 Å². The molecule has 7 nitrogen and oxygen atoms in total. The highest BCUT2D eigenvalue weighted by Crippen LogP contribution is 2.29. The van der Waals surface area contributed by atoms with E-state index in [1.807, 2.05) is 25.7 Å².